The van der Waals surface area contributed by atoms with Crippen molar-refractivity contribution in [2.75, 3.05) is 38.2 Å². The number of carbonyl (C=O) groups is 1. The van der Waals surface area contributed by atoms with Gasteiger partial charge < -0.3 is 19.9 Å². The first kappa shape index (κ1) is 17.6. The molecular weight excluding hydrogens is 290 g/mol. The van der Waals surface area contributed by atoms with E-state index in [2.05, 4.69) is 36.3 Å². The molecule has 1 saturated heterocycles. The molecule has 2 atom stereocenters. The SMILES string of the molecule is CCOC1CCCN(C(=O)NCC(C)N(C)c2ccccc2)C1. The zero-order valence-corrected chi connectivity index (χ0v) is 14.5. The number of benzene rings is 1. The Morgan fingerprint density at radius 2 is 2.17 bits per heavy atom. The molecule has 2 rings (SSSR count). The molecule has 5 nitrogen and oxygen atoms in total. The molecule has 0 aromatic heterocycles. The number of urea groups is 1. The molecule has 2 unspecified atom stereocenters. The molecular formula is C18H29N3O2. The van der Waals surface area contributed by atoms with E-state index in [1.165, 1.54) is 0 Å². The Morgan fingerprint density at radius 1 is 1.43 bits per heavy atom. The van der Waals surface area contributed by atoms with Gasteiger partial charge in [-0.3, -0.25) is 0 Å². The van der Waals surface area contributed by atoms with Crippen molar-refractivity contribution in [3.05, 3.63) is 30.3 Å². The number of nitrogens with one attached hydrogen (secondary N) is 1. The molecule has 1 aromatic carbocycles. The minimum atomic E-state index is 0.0164. The molecule has 0 saturated carbocycles. The summed E-state index contributed by atoms with van der Waals surface area (Å²) in [5.41, 5.74) is 1.16. The van der Waals surface area contributed by atoms with Gasteiger partial charge in [0.2, 0.25) is 0 Å². The van der Waals surface area contributed by atoms with Crippen LogP contribution in [0.3, 0.4) is 0 Å². The van der Waals surface area contributed by atoms with Crippen molar-refractivity contribution in [3.63, 3.8) is 0 Å². The highest BCUT2D eigenvalue weighted by atomic mass is 16.5. The molecule has 1 aliphatic heterocycles. The van der Waals surface area contributed by atoms with Gasteiger partial charge in [-0.15, -0.1) is 0 Å². The molecule has 0 radical (unpaired) electrons. The highest BCUT2D eigenvalue weighted by Crippen LogP contribution is 2.15. The lowest BCUT2D eigenvalue weighted by Gasteiger charge is -2.33. The summed E-state index contributed by atoms with van der Waals surface area (Å²) in [5, 5.41) is 3.06. The van der Waals surface area contributed by atoms with Crippen molar-refractivity contribution < 1.29 is 9.53 Å². The largest absolute Gasteiger partial charge is 0.377 e. The van der Waals surface area contributed by atoms with E-state index in [9.17, 15) is 4.79 Å². The number of amides is 2. The lowest BCUT2D eigenvalue weighted by Crippen LogP contribution is -2.50. The first-order valence-electron chi connectivity index (χ1n) is 8.54. The van der Waals surface area contributed by atoms with Crippen molar-refractivity contribution in [1.82, 2.24) is 10.2 Å². The van der Waals surface area contributed by atoms with E-state index >= 15 is 0 Å². The van der Waals surface area contributed by atoms with Gasteiger partial charge in [-0.2, -0.15) is 0 Å². The van der Waals surface area contributed by atoms with Crippen LogP contribution >= 0.6 is 0 Å². The van der Waals surface area contributed by atoms with Gasteiger partial charge in [-0.25, -0.2) is 4.79 Å². The summed E-state index contributed by atoms with van der Waals surface area (Å²) in [6, 6.07) is 10.5. The third-order valence-corrected chi connectivity index (χ3v) is 4.44. The topological polar surface area (TPSA) is 44.8 Å². The predicted molar refractivity (Wildman–Crippen MR) is 93.9 cm³/mol. The van der Waals surface area contributed by atoms with Crippen LogP contribution in [0, 0.1) is 0 Å². The smallest absolute Gasteiger partial charge is 0.317 e. The Morgan fingerprint density at radius 3 is 2.87 bits per heavy atom. The van der Waals surface area contributed by atoms with Crippen molar-refractivity contribution >= 4 is 11.7 Å². The van der Waals surface area contributed by atoms with Gasteiger partial charge in [0.1, 0.15) is 0 Å². The summed E-state index contributed by atoms with van der Waals surface area (Å²) in [7, 11) is 2.05. The number of hydrogen-bond acceptors (Lipinski definition) is 3. The lowest BCUT2D eigenvalue weighted by atomic mass is 10.1. The van der Waals surface area contributed by atoms with Crippen molar-refractivity contribution in [2.24, 2.45) is 0 Å². The Kier molecular flexibility index (Phi) is 6.71. The minimum absolute atomic E-state index is 0.0164. The Balaban J connectivity index is 1.79. The van der Waals surface area contributed by atoms with E-state index < -0.39 is 0 Å². The number of likely N-dealkylation sites (tertiary alicyclic amines) is 1. The normalized spacial score (nSPS) is 19.3. The van der Waals surface area contributed by atoms with Crippen LogP contribution in [0.15, 0.2) is 30.3 Å². The van der Waals surface area contributed by atoms with Crippen molar-refractivity contribution in [2.45, 2.75) is 38.8 Å². The maximum atomic E-state index is 12.4. The van der Waals surface area contributed by atoms with Crippen molar-refractivity contribution in [3.8, 4) is 0 Å². The standard InChI is InChI=1S/C18H29N3O2/c1-4-23-17-11-8-12-21(14-17)18(22)19-13-15(2)20(3)16-9-6-5-7-10-16/h5-7,9-10,15,17H,4,8,11-14H2,1-3H3,(H,19,22). The van der Waals surface area contributed by atoms with Crippen LogP contribution in [0.5, 0.6) is 0 Å². The van der Waals surface area contributed by atoms with E-state index in [0.717, 1.165) is 25.1 Å². The van der Waals surface area contributed by atoms with Crippen LogP contribution in [0.1, 0.15) is 26.7 Å². The van der Waals surface area contributed by atoms with E-state index in [-0.39, 0.29) is 18.2 Å². The summed E-state index contributed by atoms with van der Waals surface area (Å²) < 4.78 is 5.65. The molecule has 2 amide bonds. The number of carbonyl (C=O) groups excluding carboxylic acids is 1. The first-order valence-corrected chi connectivity index (χ1v) is 8.54. The van der Waals surface area contributed by atoms with Gasteiger partial charge in [0.15, 0.2) is 0 Å². The van der Waals surface area contributed by atoms with Crippen LogP contribution in [0.25, 0.3) is 0 Å². The summed E-state index contributed by atoms with van der Waals surface area (Å²) >= 11 is 0. The molecule has 23 heavy (non-hydrogen) atoms. The van der Waals surface area contributed by atoms with Crippen LogP contribution < -0.4 is 10.2 Å². The lowest BCUT2D eigenvalue weighted by molar-refractivity contribution is 0.0164. The van der Waals surface area contributed by atoms with Crippen molar-refractivity contribution in [1.29, 1.82) is 0 Å². The second-order valence-corrected chi connectivity index (χ2v) is 6.15. The molecule has 0 bridgehead atoms. The molecule has 128 valence electrons. The zero-order valence-electron chi connectivity index (χ0n) is 14.5. The van der Waals surface area contributed by atoms with Crippen LogP contribution in [-0.2, 0) is 4.74 Å². The number of ether oxygens (including phenoxy) is 1. The minimum Gasteiger partial charge on any atom is -0.377 e. The van der Waals surface area contributed by atoms with Gasteiger partial charge in [0.05, 0.1) is 6.10 Å². The summed E-state index contributed by atoms with van der Waals surface area (Å²) in [6.45, 7) is 6.96. The highest BCUT2D eigenvalue weighted by molar-refractivity contribution is 5.74. The Bertz CT molecular complexity index is 478. The van der Waals surface area contributed by atoms with E-state index in [1.54, 1.807) is 0 Å². The Labute approximate surface area is 139 Å². The fraction of sp³-hybridized carbons (Fsp3) is 0.611. The molecule has 1 fully saturated rings. The second-order valence-electron chi connectivity index (χ2n) is 6.15. The zero-order chi connectivity index (χ0) is 16.7. The maximum absolute atomic E-state index is 12.4. The fourth-order valence-electron chi connectivity index (χ4n) is 2.90. The quantitative estimate of drug-likeness (QED) is 0.877. The molecule has 0 aliphatic carbocycles. The summed E-state index contributed by atoms with van der Waals surface area (Å²) in [4.78, 5) is 16.4. The average molecular weight is 319 g/mol. The molecule has 1 aliphatic rings. The average Bonchev–Trinajstić information content (AvgIpc) is 2.60. The number of para-hydroxylation sites is 1. The number of hydrogen-bond donors (Lipinski definition) is 1. The number of rotatable bonds is 6. The third kappa shape index (κ3) is 5.13. The number of nitrogens with zero attached hydrogens (tertiary/aromatic N) is 2. The molecule has 1 heterocycles. The van der Waals surface area contributed by atoms with Gasteiger partial charge >= 0.3 is 6.03 Å². The van der Waals surface area contributed by atoms with Gasteiger partial charge in [0, 0.05) is 45.0 Å². The highest BCUT2D eigenvalue weighted by Gasteiger charge is 2.24. The van der Waals surface area contributed by atoms with Gasteiger partial charge in [-0.1, -0.05) is 18.2 Å². The van der Waals surface area contributed by atoms with Crippen LogP contribution in [0.2, 0.25) is 0 Å². The van der Waals surface area contributed by atoms with E-state index in [4.69, 9.17) is 4.74 Å². The molecule has 1 N–H and O–H groups in total. The van der Waals surface area contributed by atoms with Crippen LogP contribution in [-0.4, -0.2) is 56.4 Å². The maximum Gasteiger partial charge on any atom is 0.317 e. The number of likely N-dealkylation sites (N-methyl/N-ethyl adjacent to an activating group) is 1. The van der Waals surface area contributed by atoms with Gasteiger partial charge in [-0.05, 0) is 38.8 Å². The second kappa shape index (κ2) is 8.77. The predicted octanol–water partition coefficient (Wildman–Crippen LogP) is 2.72. The monoisotopic (exact) mass is 319 g/mol. The summed E-state index contributed by atoms with van der Waals surface area (Å²) in [5.74, 6) is 0. The number of anilines is 1. The Hall–Kier alpha value is -1.75. The molecule has 0 spiro atoms. The third-order valence-electron chi connectivity index (χ3n) is 4.44. The summed E-state index contributed by atoms with van der Waals surface area (Å²) in [6.07, 6.45) is 2.24. The molecule has 5 heteroatoms. The van der Waals surface area contributed by atoms with E-state index in [1.807, 2.05) is 30.0 Å². The van der Waals surface area contributed by atoms with E-state index in [0.29, 0.717) is 19.7 Å². The fourth-order valence-corrected chi connectivity index (χ4v) is 2.90. The van der Waals surface area contributed by atoms with Gasteiger partial charge in [0.25, 0.3) is 0 Å². The first-order chi connectivity index (χ1) is 11.1. The number of piperidine rings is 1. The molecule has 1 aromatic rings. The van der Waals surface area contributed by atoms with Crippen LogP contribution in [0.4, 0.5) is 10.5 Å².